The van der Waals surface area contributed by atoms with E-state index >= 15 is 0 Å². The lowest BCUT2D eigenvalue weighted by molar-refractivity contribution is -0.140. The summed E-state index contributed by atoms with van der Waals surface area (Å²) in [6.45, 7) is 10.9. The summed E-state index contributed by atoms with van der Waals surface area (Å²) in [6.07, 6.45) is 7.82. The quantitative estimate of drug-likeness (QED) is 0.177. The highest BCUT2D eigenvalue weighted by Crippen LogP contribution is 2.52. The van der Waals surface area contributed by atoms with E-state index < -0.39 is 0 Å². The van der Waals surface area contributed by atoms with Gasteiger partial charge in [0.2, 0.25) is 11.8 Å². The number of carbonyl (C=O) groups excluding carboxylic acids is 2. The minimum Gasteiger partial charge on any atom is -0.355 e. The largest absolute Gasteiger partial charge is 0.355 e. The molecule has 7 nitrogen and oxygen atoms in total. The van der Waals surface area contributed by atoms with Gasteiger partial charge in [0.1, 0.15) is 0 Å². The summed E-state index contributed by atoms with van der Waals surface area (Å²) < 4.78 is 0. The Labute approximate surface area is 203 Å². The second kappa shape index (κ2) is 9.77. The third-order valence-electron chi connectivity index (χ3n) is 7.61. The van der Waals surface area contributed by atoms with Crippen LogP contribution in [0.5, 0.6) is 0 Å². The molecule has 2 bridgehead atoms. The van der Waals surface area contributed by atoms with Crippen LogP contribution in [0.4, 0.5) is 0 Å². The van der Waals surface area contributed by atoms with Gasteiger partial charge in [-0.05, 0) is 57.4 Å². The molecule has 4 aliphatic rings. The lowest BCUT2D eigenvalue weighted by atomic mass is 9.85. The third kappa shape index (κ3) is 4.79. The molecule has 5 unspecified atom stereocenters. The normalized spacial score (nSPS) is 33.0. The van der Waals surface area contributed by atoms with Gasteiger partial charge in [-0.2, -0.15) is 0 Å². The van der Waals surface area contributed by atoms with E-state index in [-0.39, 0.29) is 65.0 Å². The molecule has 4 rings (SSSR count). The van der Waals surface area contributed by atoms with Crippen LogP contribution in [0.25, 0.3) is 0 Å². The van der Waals surface area contributed by atoms with Crippen LogP contribution in [0.1, 0.15) is 40.0 Å². The second-order valence-corrected chi connectivity index (χ2v) is 10.2. The predicted octanol–water partition coefficient (Wildman–Crippen LogP) is 2.09. The molecule has 3 fully saturated rings. The highest BCUT2D eigenvalue weighted by atomic mass is 127. The van der Waals surface area contributed by atoms with Gasteiger partial charge in [0.25, 0.3) is 0 Å². The molecule has 1 saturated carbocycles. The first kappa shape index (κ1) is 24.5. The van der Waals surface area contributed by atoms with Crippen molar-refractivity contribution in [2.24, 2.45) is 34.6 Å². The molecule has 2 saturated heterocycles. The van der Waals surface area contributed by atoms with Gasteiger partial charge in [-0.1, -0.05) is 19.1 Å². The number of hydrogen-bond donors (Lipinski definition) is 2. The number of amides is 2. The Morgan fingerprint density at radius 2 is 1.81 bits per heavy atom. The molecule has 2 heterocycles. The molecule has 2 aliphatic carbocycles. The van der Waals surface area contributed by atoms with Crippen molar-refractivity contribution in [1.29, 1.82) is 0 Å². The van der Waals surface area contributed by atoms with E-state index in [9.17, 15) is 9.59 Å². The SMILES string of the molecule is CN=C(NCCN1C(=O)C2C3C=CC(C3)C2C1=O)NCC(C)(C)N1CCCC(C)C1.I. The predicted molar refractivity (Wildman–Crippen MR) is 133 cm³/mol. The van der Waals surface area contributed by atoms with Crippen molar-refractivity contribution < 1.29 is 9.59 Å². The van der Waals surface area contributed by atoms with E-state index in [4.69, 9.17) is 0 Å². The Morgan fingerprint density at radius 1 is 1.16 bits per heavy atom. The number of carbonyl (C=O) groups is 2. The van der Waals surface area contributed by atoms with E-state index in [1.165, 1.54) is 17.7 Å². The zero-order valence-electron chi connectivity index (χ0n) is 19.3. The summed E-state index contributed by atoms with van der Waals surface area (Å²) in [7, 11) is 1.76. The number of fused-ring (bicyclic) bond motifs is 5. The minimum absolute atomic E-state index is 0. The lowest BCUT2D eigenvalue weighted by Gasteiger charge is -2.43. The Balaban J connectivity index is 0.00000272. The fraction of sp³-hybridized carbons (Fsp3) is 0.783. The highest BCUT2D eigenvalue weighted by molar-refractivity contribution is 14.0. The Morgan fingerprint density at radius 3 is 2.39 bits per heavy atom. The van der Waals surface area contributed by atoms with E-state index in [0.717, 1.165) is 32.0 Å². The molecule has 8 heteroatoms. The molecule has 0 radical (unpaired) electrons. The molecule has 2 aliphatic heterocycles. The fourth-order valence-corrected chi connectivity index (χ4v) is 5.84. The first-order chi connectivity index (χ1) is 14.3. The molecule has 31 heavy (non-hydrogen) atoms. The first-order valence-electron chi connectivity index (χ1n) is 11.5. The number of piperidine rings is 1. The van der Waals surface area contributed by atoms with Crippen molar-refractivity contribution >= 4 is 41.8 Å². The third-order valence-corrected chi connectivity index (χ3v) is 7.61. The van der Waals surface area contributed by atoms with Crippen LogP contribution < -0.4 is 10.6 Å². The van der Waals surface area contributed by atoms with E-state index in [1.807, 2.05) is 0 Å². The smallest absolute Gasteiger partial charge is 0.233 e. The molecule has 2 N–H and O–H groups in total. The van der Waals surface area contributed by atoms with Crippen LogP contribution in [0.3, 0.4) is 0 Å². The number of nitrogens with zero attached hydrogens (tertiary/aromatic N) is 3. The number of imide groups is 1. The number of allylic oxidation sites excluding steroid dienone is 2. The summed E-state index contributed by atoms with van der Waals surface area (Å²) in [6, 6.07) is 0. The molecular formula is C23H38IN5O2. The van der Waals surface area contributed by atoms with Crippen molar-refractivity contribution in [2.75, 3.05) is 39.8 Å². The molecule has 0 aromatic carbocycles. The summed E-state index contributed by atoms with van der Waals surface area (Å²) >= 11 is 0. The summed E-state index contributed by atoms with van der Waals surface area (Å²) in [5, 5.41) is 6.72. The monoisotopic (exact) mass is 543 g/mol. The van der Waals surface area contributed by atoms with E-state index in [0.29, 0.717) is 19.0 Å². The molecule has 0 aromatic rings. The summed E-state index contributed by atoms with van der Waals surface area (Å²) in [4.78, 5) is 33.9. The van der Waals surface area contributed by atoms with Gasteiger partial charge >= 0.3 is 0 Å². The fourth-order valence-electron chi connectivity index (χ4n) is 5.84. The molecule has 0 spiro atoms. The van der Waals surface area contributed by atoms with Crippen LogP contribution in [0, 0.1) is 29.6 Å². The van der Waals surface area contributed by atoms with Gasteiger partial charge < -0.3 is 10.6 Å². The van der Waals surface area contributed by atoms with E-state index in [2.05, 4.69) is 53.4 Å². The number of guanidine groups is 1. The number of nitrogens with one attached hydrogen (secondary N) is 2. The van der Waals surface area contributed by atoms with Crippen LogP contribution >= 0.6 is 24.0 Å². The van der Waals surface area contributed by atoms with Crippen LogP contribution in [-0.2, 0) is 9.59 Å². The van der Waals surface area contributed by atoms with Gasteiger partial charge in [0.05, 0.1) is 11.8 Å². The van der Waals surface area contributed by atoms with Gasteiger partial charge in [0.15, 0.2) is 5.96 Å². The van der Waals surface area contributed by atoms with Crippen molar-refractivity contribution in [3.8, 4) is 0 Å². The Bertz CT molecular complexity index is 722. The molecule has 2 amide bonds. The average molecular weight is 543 g/mol. The van der Waals surface area contributed by atoms with Gasteiger partial charge in [-0.15, -0.1) is 24.0 Å². The van der Waals surface area contributed by atoms with E-state index in [1.54, 1.807) is 7.05 Å². The number of halogens is 1. The number of likely N-dealkylation sites (tertiary alicyclic amines) is 2. The summed E-state index contributed by atoms with van der Waals surface area (Å²) in [5.41, 5.74) is 0.0386. The zero-order chi connectivity index (χ0) is 21.5. The van der Waals surface area contributed by atoms with Crippen LogP contribution in [-0.4, -0.2) is 72.9 Å². The van der Waals surface area contributed by atoms with Crippen LogP contribution in [0.2, 0.25) is 0 Å². The van der Waals surface area contributed by atoms with Crippen molar-refractivity contribution in [1.82, 2.24) is 20.4 Å². The highest BCUT2D eigenvalue weighted by Gasteiger charge is 2.58. The maximum atomic E-state index is 12.8. The van der Waals surface area contributed by atoms with Gasteiger partial charge in [-0.25, -0.2) is 0 Å². The van der Waals surface area contributed by atoms with Crippen molar-refractivity contribution in [2.45, 2.75) is 45.6 Å². The Kier molecular flexibility index (Phi) is 7.71. The van der Waals surface area contributed by atoms with Crippen molar-refractivity contribution in [3.05, 3.63) is 12.2 Å². The lowest BCUT2D eigenvalue weighted by Crippen LogP contribution is -2.56. The number of rotatable bonds is 6. The molecular weight excluding hydrogens is 505 g/mol. The number of aliphatic imine (C=N–C) groups is 1. The van der Waals surface area contributed by atoms with Crippen molar-refractivity contribution in [3.63, 3.8) is 0 Å². The first-order valence-corrected chi connectivity index (χ1v) is 11.5. The van der Waals surface area contributed by atoms with Gasteiger partial charge in [-0.3, -0.25) is 24.4 Å². The Hall–Kier alpha value is -1.16. The topological polar surface area (TPSA) is 77.0 Å². The molecule has 0 aromatic heterocycles. The minimum atomic E-state index is -0.113. The van der Waals surface area contributed by atoms with Crippen LogP contribution in [0.15, 0.2) is 17.1 Å². The summed E-state index contributed by atoms with van der Waals surface area (Å²) in [5.74, 6) is 1.81. The van der Waals surface area contributed by atoms with Gasteiger partial charge in [0, 0.05) is 38.8 Å². The average Bonchev–Trinajstić information content (AvgIpc) is 3.40. The second-order valence-electron chi connectivity index (χ2n) is 10.2. The maximum Gasteiger partial charge on any atom is 0.233 e. The standard InChI is InChI=1S/C23H37N5O2.HI/c1-15-6-5-10-27(13-15)23(2,3)14-26-22(24-4)25-9-11-28-20(29)18-16-7-8-17(12-16)19(18)21(28)30;/h7-8,15-19H,5-6,9-14H2,1-4H3,(H2,24,25,26);1H. The maximum absolute atomic E-state index is 12.8. The molecule has 5 atom stereocenters. The number of hydrogen-bond acceptors (Lipinski definition) is 4. The molecule has 174 valence electrons. The zero-order valence-corrected chi connectivity index (χ0v) is 21.6.